The number of nitrogens with zero attached hydrogens (tertiary/aromatic N) is 3. The summed E-state index contributed by atoms with van der Waals surface area (Å²) in [7, 11) is 0. The van der Waals surface area contributed by atoms with Crippen LogP contribution >= 0.6 is 11.3 Å². The Hall–Kier alpha value is -1.66. The van der Waals surface area contributed by atoms with Crippen LogP contribution in [0.4, 0.5) is 5.13 Å². The monoisotopic (exact) mass is 291 g/mol. The highest BCUT2D eigenvalue weighted by molar-refractivity contribution is 7.13. The molecule has 2 aromatic heterocycles. The maximum atomic E-state index is 5.60. The number of anilines is 1. The standard InChI is InChI=1S/C14H21N5S/c1-3-7-19-9-12(11(2)18-19)8-16-6-4-5-13-10-20-14(15)17-13/h3,9-10,16H,1,4-8H2,2H3,(H2,15,17). The van der Waals surface area contributed by atoms with Crippen LogP contribution in [-0.4, -0.2) is 21.3 Å². The normalized spacial score (nSPS) is 10.8. The number of allylic oxidation sites excluding steroid dienone is 1. The summed E-state index contributed by atoms with van der Waals surface area (Å²) in [6.07, 6.45) is 5.95. The molecule has 0 aromatic carbocycles. The summed E-state index contributed by atoms with van der Waals surface area (Å²) < 4.78 is 1.91. The van der Waals surface area contributed by atoms with Gasteiger partial charge < -0.3 is 11.1 Å². The molecule has 0 aliphatic carbocycles. The van der Waals surface area contributed by atoms with Gasteiger partial charge in [-0.1, -0.05) is 6.08 Å². The first kappa shape index (κ1) is 14.7. The molecule has 2 heterocycles. The van der Waals surface area contributed by atoms with Crippen LogP contribution in [0.15, 0.2) is 24.2 Å². The summed E-state index contributed by atoms with van der Waals surface area (Å²) in [6, 6.07) is 0. The summed E-state index contributed by atoms with van der Waals surface area (Å²) in [6.45, 7) is 8.33. The molecule has 0 radical (unpaired) electrons. The number of rotatable bonds is 8. The quantitative estimate of drug-likeness (QED) is 0.577. The molecule has 0 bridgehead atoms. The zero-order chi connectivity index (χ0) is 14.4. The van der Waals surface area contributed by atoms with E-state index in [-0.39, 0.29) is 0 Å². The SMILES string of the molecule is C=CCn1cc(CNCCCc2csc(N)n2)c(C)n1. The van der Waals surface area contributed by atoms with E-state index in [2.05, 4.69) is 28.2 Å². The maximum Gasteiger partial charge on any atom is 0.180 e. The van der Waals surface area contributed by atoms with Crippen molar-refractivity contribution < 1.29 is 0 Å². The van der Waals surface area contributed by atoms with E-state index in [1.54, 1.807) is 0 Å². The van der Waals surface area contributed by atoms with Gasteiger partial charge in [0.2, 0.25) is 0 Å². The number of aromatic nitrogens is 3. The lowest BCUT2D eigenvalue weighted by molar-refractivity contribution is 0.643. The lowest BCUT2D eigenvalue weighted by Gasteiger charge is -2.02. The minimum absolute atomic E-state index is 0.651. The Morgan fingerprint density at radius 3 is 3.10 bits per heavy atom. The Bertz CT molecular complexity index is 558. The number of nitrogen functional groups attached to an aromatic ring is 1. The first-order valence-corrected chi connectivity index (χ1v) is 7.61. The Balaban J connectivity index is 1.69. The molecular formula is C14H21N5S. The summed E-state index contributed by atoms with van der Waals surface area (Å²) >= 11 is 1.50. The Kier molecular flexibility index (Phi) is 5.31. The highest BCUT2D eigenvalue weighted by atomic mass is 32.1. The molecule has 0 aliphatic rings. The molecule has 0 unspecified atom stereocenters. The van der Waals surface area contributed by atoms with Crippen molar-refractivity contribution in [3.63, 3.8) is 0 Å². The van der Waals surface area contributed by atoms with E-state index in [1.165, 1.54) is 16.9 Å². The third kappa shape index (κ3) is 4.18. The molecule has 0 aliphatic heterocycles. The van der Waals surface area contributed by atoms with Crippen LogP contribution in [0.25, 0.3) is 0 Å². The predicted octanol–water partition coefficient (Wildman–Crippen LogP) is 2.14. The van der Waals surface area contributed by atoms with E-state index >= 15 is 0 Å². The van der Waals surface area contributed by atoms with Gasteiger partial charge >= 0.3 is 0 Å². The topological polar surface area (TPSA) is 68.8 Å². The van der Waals surface area contributed by atoms with Crippen molar-refractivity contribution in [3.8, 4) is 0 Å². The van der Waals surface area contributed by atoms with Crippen molar-refractivity contribution in [2.45, 2.75) is 32.9 Å². The lowest BCUT2D eigenvalue weighted by Crippen LogP contribution is -2.15. The average molecular weight is 291 g/mol. The van der Waals surface area contributed by atoms with Crippen LogP contribution < -0.4 is 11.1 Å². The van der Waals surface area contributed by atoms with Crippen molar-refractivity contribution in [2.75, 3.05) is 12.3 Å². The first-order chi connectivity index (χ1) is 9.69. The third-order valence-corrected chi connectivity index (χ3v) is 3.76. The summed E-state index contributed by atoms with van der Waals surface area (Å²) in [5.74, 6) is 0. The van der Waals surface area contributed by atoms with Gasteiger partial charge in [0.1, 0.15) is 0 Å². The van der Waals surface area contributed by atoms with Gasteiger partial charge in [-0.05, 0) is 26.3 Å². The second kappa shape index (κ2) is 7.21. The van der Waals surface area contributed by atoms with Gasteiger partial charge in [0.15, 0.2) is 5.13 Å². The van der Waals surface area contributed by atoms with Crippen LogP contribution in [0.1, 0.15) is 23.4 Å². The van der Waals surface area contributed by atoms with Crippen LogP contribution in [-0.2, 0) is 19.5 Å². The molecule has 0 saturated carbocycles. The number of aryl methyl sites for hydroxylation is 2. The fraction of sp³-hybridized carbons (Fsp3) is 0.429. The lowest BCUT2D eigenvalue weighted by atomic mass is 10.2. The molecule has 3 N–H and O–H groups in total. The fourth-order valence-corrected chi connectivity index (χ4v) is 2.61. The minimum atomic E-state index is 0.651. The molecule has 108 valence electrons. The van der Waals surface area contributed by atoms with E-state index < -0.39 is 0 Å². The molecule has 0 amide bonds. The van der Waals surface area contributed by atoms with Crippen LogP contribution in [0, 0.1) is 6.92 Å². The Morgan fingerprint density at radius 1 is 1.55 bits per heavy atom. The maximum absolute atomic E-state index is 5.60. The molecule has 6 heteroatoms. The molecule has 0 saturated heterocycles. The van der Waals surface area contributed by atoms with Crippen LogP contribution in [0.3, 0.4) is 0 Å². The largest absolute Gasteiger partial charge is 0.375 e. The average Bonchev–Trinajstić information content (AvgIpc) is 2.97. The van der Waals surface area contributed by atoms with Gasteiger partial charge in [0, 0.05) is 23.7 Å². The molecule has 0 spiro atoms. The van der Waals surface area contributed by atoms with Gasteiger partial charge in [-0.2, -0.15) is 5.10 Å². The third-order valence-electron chi connectivity index (χ3n) is 3.04. The van der Waals surface area contributed by atoms with Gasteiger partial charge in [0.05, 0.1) is 17.9 Å². The Morgan fingerprint density at radius 2 is 2.40 bits per heavy atom. The molecule has 5 nitrogen and oxygen atoms in total. The predicted molar refractivity (Wildman–Crippen MR) is 83.7 cm³/mol. The number of thiazole rings is 1. The Labute approximate surface area is 123 Å². The molecule has 0 atom stereocenters. The van der Waals surface area contributed by atoms with E-state index in [4.69, 9.17) is 5.73 Å². The van der Waals surface area contributed by atoms with Gasteiger partial charge in [-0.25, -0.2) is 4.98 Å². The van der Waals surface area contributed by atoms with Crippen molar-refractivity contribution in [2.24, 2.45) is 0 Å². The van der Waals surface area contributed by atoms with Crippen LogP contribution in [0.5, 0.6) is 0 Å². The van der Waals surface area contributed by atoms with Crippen molar-refractivity contribution in [1.29, 1.82) is 0 Å². The van der Waals surface area contributed by atoms with Crippen molar-refractivity contribution in [3.05, 3.63) is 41.2 Å². The molecule has 0 fully saturated rings. The number of nitrogens with one attached hydrogen (secondary N) is 1. The van der Waals surface area contributed by atoms with E-state index in [9.17, 15) is 0 Å². The number of hydrogen-bond acceptors (Lipinski definition) is 5. The summed E-state index contributed by atoms with van der Waals surface area (Å²) in [5.41, 5.74) is 9.01. The number of hydrogen-bond donors (Lipinski definition) is 2. The molecular weight excluding hydrogens is 270 g/mol. The second-order valence-corrected chi connectivity index (χ2v) is 5.60. The smallest absolute Gasteiger partial charge is 0.180 e. The number of nitrogens with two attached hydrogens (primary N) is 1. The van der Waals surface area contributed by atoms with Gasteiger partial charge in [-0.15, -0.1) is 17.9 Å². The summed E-state index contributed by atoms with van der Waals surface area (Å²) in [4.78, 5) is 4.25. The zero-order valence-corrected chi connectivity index (χ0v) is 12.6. The molecule has 20 heavy (non-hydrogen) atoms. The molecule has 2 aromatic rings. The van der Waals surface area contributed by atoms with E-state index in [0.29, 0.717) is 5.13 Å². The highest BCUT2D eigenvalue weighted by Crippen LogP contribution is 2.12. The minimum Gasteiger partial charge on any atom is -0.375 e. The van der Waals surface area contributed by atoms with Crippen molar-refractivity contribution in [1.82, 2.24) is 20.1 Å². The fourth-order valence-electron chi connectivity index (χ4n) is 2.01. The second-order valence-electron chi connectivity index (χ2n) is 4.71. The van der Waals surface area contributed by atoms with E-state index in [0.717, 1.165) is 43.9 Å². The van der Waals surface area contributed by atoms with Gasteiger partial charge in [-0.3, -0.25) is 4.68 Å². The van der Waals surface area contributed by atoms with E-state index in [1.807, 2.05) is 23.1 Å². The van der Waals surface area contributed by atoms with Gasteiger partial charge in [0.25, 0.3) is 0 Å². The van der Waals surface area contributed by atoms with Crippen LogP contribution in [0.2, 0.25) is 0 Å². The highest BCUT2D eigenvalue weighted by Gasteiger charge is 2.03. The first-order valence-electron chi connectivity index (χ1n) is 6.73. The zero-order valence-electron chi connectivity index (χ0n) is 11.8. The summed E-state index contributed by atoms with van der Waals surface area (Å²) in [5, 5.41) is 10.6. The van der Waals surface area contributed by atoms with Crippen molar-refractivity contribution >= 4 is 16.5 Å². The molecule has 2 rings (SSSR count).